The number of benzene rings is 1. The number of carbonyl (C=O) groups excluding carboxylic acids is 2. The number of aromatic nitrogens is 2. The zero-order valence-electron chi connectivity index (χ0n) is 14.2. The monoisotopic (exact) mass is 326 g/mol. The van der Waals surface area contributed by atoms with Crippen LogP contribution in [-0.4, -0.2) is 33.5 Å². The van der Waals surface area contributed by atoms with Gasteiger partial charge in [-0.1, -0.05) is 18.7 Å². The van der Waals surface area contributed by atoms with Crippen LogP contribution in [0.5, 0.6) is 0 Å². The molecule has 6 nitrogen and oxygen atoms in total. The molecule has 0 spiro atoms. The van der Waals surface area contributed by atoms with Gasteiger partial charge in [0.25, 0.3) is 0 Å². The fourth-order valence-electron chi connectivity index (χ4n) is 2.25. The third-order valence-corrected chi connectivity index (χ3v) is 3.93. The quantitative estimate of drug-likeness (QED) is 0.826. The van der Waals surface area contributed by atoms with Crippen LogP contribution in [0.4, 0.5) is 5.69 Å². The molecule has 1 aromatic carbocycles. The maximum atomic E-state index is 12.4. The molecule has 126 valence electrons. The highest BCUT2D eigenvalue weighted by Crippen LogP contribution is 2.13. The Morgan fingerprint density at radius 2 is 2.00 bits per heavy atom. The van der Waals surface area contributed by atoms with E-state index in [2.05, 4.69) is 17.0 Å². The fourth-order valence-corrected chi connectivity index (χ4v) is 2.25. The summed E-state index contributed by atoms with van der Waals surface area (Å²) in [5, 5.41) is 6.86. The van der Waals surface area contributed by atoms with Gasteiger partial charge in [0.15, 0.2) is 0 Å². The van der Waals surface area contributed by atoms with Crippen molar-refractivity contribution in [2.75, 3.05) is 12.4 Å². The second-order valence-electron chi connectivity index (χ2n) is 5.70. The molecule has 2 aromatic rings. The lowest BCUT2D eigenvalue weighted by Crippen LogP contribution is -2.27. The van der Waals surface area contributed by atoms with Gasteiger partial charge in [0.05, 0.1) is 12.6 Å². The van der Waals surface area contributed by atoms with Crippen LogP contribution in [-0.2, 0) is 29.6 Å². The van der Waals surface area contributed by atoms with Crippen LogP contribution < -0.4 is 5.32 Å². The van der Waals surface area contributed by atoms with Crippen molar-refractivity contribution in [1.82, 2.24) is 14.7 Å². The minimum absolute atomic E-state index is 0.0288. The Bertz CT molecular complexity index is 747. The molecular weight excluding hydrogens is 304 g/mol. The summed E-state index contributed by atoms with van der Waals surface area (Å²) in [5.41, 5.74) is 3.66. The first-order chi connectivity index (χ1) is 11.4. The predicted molar refractivity (Wildman–Crippen MR) is 93.4 cm³/mol. The molecule has 0 bridgehead atoms. The third-order valence-electron chi connectivity index (χ3n) is 3.93. The van der Waals surface area contributed by atoms with Crippen molar-refractivity contribution < 1.29 is 9.59 Å². The average Bonchev–Trinajstić information content (AvgIpc) is 2.88. The summed E-state index contributed by atoms with van der Waals surface area (Å²) in [6, 6.07) is 7.21. The van der Waals surface area contributed by atoms with Crippen LogP contribution in [0.15, 0.2) is 43.1 Å². The number of likely N-dealkylation sites (N-methyl/N-ethyl adjacent to an activating group) is 1. The van der Waals surface area contributed by atoms with Gasteiger partial charge in [-0.2, -0.15) is 5.10 Å². The summed E-state index contributed by atoms with van der Waals surface area (Å²) in [5.74, 6) is -0.230. The van der Waals surface area contributed by atoms with Crippen LogP contribution in [0.3, 0.4) is 0 Å². The summed E-state index contributed by atoms with van der Waals surface area (Å²) >= 11 is 0. The molecule has 0 unspecified atom stereocenters. The van der Waals surface area contributed by atoms with Crippen molar-refractivity contribution in [3.05, 3.63) is 59.9 Å². The Labute approximate surface area is 141 Å². The van der Waals surface area contributed by atoms with Crippen LogP contribution in [0, 0.1) is 6.92 Å². The maximum absolute atomic E-state index is 12.4. The van der Waals surface area contributed by atoms with Crippen molar-refractivity contribution in [2.24, 2.45) is 7.05 Å². The summed E-state index contributed by atoms with van der Waals surface area (Å²) in [7, 11) is 3.67. The molecule has 0 saturated carbocycles. The molecule has 1 aromatic heterocycles. The van der Waals surface area contributed by atoms with Gasteiger partial charge in [0.2, 0.25) is 11.8 Å². The summed E-state index contributed by atoms with van der Waals surface area (Å²) in [4.78, 5) is 25.3. The normalized spacial score (nSPS) is 10.3. The van der Waals surface area contributed by atoms with Crippen molar-refractivity contribution in [1.29, 1.82) is 0 Å². The molecule has 2 amide bonds. The summed E-state index contributed by atoms with van der Waals surface area (Å²) in [6.45, 7) is 5.92. The summed E-state index contributed by atoms with van der Waals surface area (Å²) < 4.78 is 1.80. The van der Waals surface area contributed by atoms with Gasteiger partial charge >= 0.3 is 0 Å². The Hall–Kier alpha value is -2.89. The molecule has 2 rings (SSSR count). The average molecular weight is 326 g/mol. The van der Waals surface area contributed by atoms with E-state index >= 15 is 0 Å². The van der Waals surface area contributed by atoms with Gasteiger partial charge in [-0.25, -0.2) is 0 Å². The van der Waals surface area contributed by atoms with Gasteiger partial charge < -0.3 is 10.2 Å². The number of rotatable bonds is 6. The lowest BCUT2D eigenvalue weighted by atomic mass is 10.1. The Kier molecular flexibility index (Phi) is 5.52. The van der Waals surface area contributed by atoms with Crippen LogP contribution in [0.1, 0.15) is 16.8 Å². The van der Waals surface area contributed by atoms with Crippen LogP contribution in [0.25, 0.3) is 0 Å². The fraction of sp³-hybridized carbons (Fsp3) is 0.278. The van der Waals surface area contributed by atoms with E-state index in [1.165, 1.54) is 6.08 Å². The number of carbonyl (C=O) groups is 2. The smallest absolute Gasteiger partial charge is 0.247 e. The molecule has 0 aliphatic rings. The Morgan fingerprint density at radius 1 is 1.33 bits per heavy atom. The lowest BCUT2D eigenvalue weighted by Gasteiger charge is -2.17. The molecular formula is C18H22N4O2. The largest absolute Gasteiger partial charge is 0.341 e. The van der Waals surface area contributed by atoms with Gasteiger partial charge in [-0.05, 0) is 30.7 Å². The van der Waals surface area contributed by atoms with Crippen molar-refractivity contribution >= 4 is 17.5 Å². The molecule has 6 heteroatoms. The molecule has 0 aliphatic heterocycles. The number of anilines is 1. The first-order valence-corrected chi connectivity index (χ1v) is 7.64. The number of nitrogens with one attached hydrogen (secondary N) is 1. The number of hydrogen-bond donors (Lipinski definition) is 1. The third kappa shape index (κ3) is 4.32. The number of nitrogens with zero attached hydrogens (tertiary/aromatic N) is 3. The number of amides is 2. The Morgan fingerprint density at radius 3 is 2.54 bits per heavy atom. The van der Waals surface area contributed by atoms with Gasteiger partial charge in [-0.3, -0.25) is 14.3 Å². The minimum Gasteiger partial charge on any atom is -0.341 e. The number of hydrogen-bond acceptors (Lipinski definition) is 3. The minimum atomic E-state index is -0.259. The van der Waals surface area contributed by atoms with E-state index < -0.39 is 0 Å². The first kappa shape index (κ1) is 17.5. The highest BCUT2D eigenvalue weighted by molar-refractivity contribution is 5.98. The lowest BCUT2D eigenvalue weighted by molar-refractivity contribution is -0.129. The maximum Gasteiger partial charge on any atom is 0.247 e. The van der Waals surface area contributed by atoms with Crippen LogP contribution in [0.2, 0.25) is 0 Å². The molecule has 0 radical (unpaired) electrons. The highest BCUT2D eigenvalue weighted by Gasteiger charge is 2.13. The highest BCUT2D eigenvalue weighted by atomic mass is 16.2. The Balaban J connectivity index is 1.94. The van der Waals surface area contributed by atoms with Crippen molar-refractivity contribution in [3.8, 4) is 0 Å². The van der Waals surface area contributed by atoms with Gasteiger partial charge in [0, 0.05) is 37.6 Å². The zero-order valence-corrected chi connectivity index (χ0v) is 14.2. The second kappa shape index (κ2) is 7.59. The topological polar surface area (TPSA) is 67.2 Å². The molecule has 1 heterocycles. The molecule has 24 heavy (non-hydrogen) atoms. The van der Waals surface area contributed by atoms with E-state index in [0.717, 1.165) is 16.8 Å². The molecule has 0 atom stereocenters. The second-order valence-corrected chi connectivity index (χ2v) is 5.70. The van der Waals surface area contributed by atoms with Gasteiger partial charge in [0.1, 0.15) is 0 Å². The predicted octanol–water partition coefficient (Wildman–Crippen LogP) is 2.05. The van der Waals surface area contributed by atoms with E-state index in [1.54, 1.807) is 35.0 Å². The zero-order chi connectivity index (χ0) is 17.7. The van der Waals surface area contributed by atoms with E-state index in [4.69, 9.17) is 0 Å². The molecule has 0 fully saturated rings. The molecule has 0 saturated heterocycles. The molecule has 1 N–H and O–H groups in total. The van der Waals surface area contributed by atoms with E-state index in [1.807, 2.05) is 26.1 Å². The SMILES string of the molecule is C=CC(=O)Nc1ccc(CC(=O)N(C)Cc2cnn(C)c2C)cc1. The number of aryl methyl sites for hydroxylation is 1. The van der Waals surface area contributed by atoms with E-state index in [-0.39, 0.29) is 11.8 Å². The van der Waals surface area contributed by atoms with E-state index in [9.17, 15) is 9.59 Å². The standard InChI is InChI=1S/C18H22N4O2/c1-5-17(23)20-16-8-6-14(7-9-16)10-18(24)21(3)12-15-11-19-22(4)13(15)2/h5-9,11H,1,10,12H2,2-4H3,(H,20,23). The van der Waals surface area contributed by atoms with Crippen molar-refractivity contribution in [3.63, 3.8) is 0 Å². The summed E-state index contributed by atoms with van der Waals surface area (Å²) in [6.07, 6.45) is 3.31. The van der Waals surface area contributed by atoms with Gasteiger partial charge in [-0.15, -0.1) is 0 Å². The van der Waals surface area contributed by atoms with Crippen LogP contribution >= 0.6 is 0 Å². The first-order valence-electron chi connectivity index (χ1n) is 7.64. The van der Waals surface area contributed by atoms with E-state index in [0.29, 0.717) is 18.7 Å². The molecule has 0 aliphatic carbocycles. The van der Waals surface area contributed by atoms with Crippen molar-refractivity contribution in [2.45, 2.75) is 19.9 Å².